The molecule has 0 amide bonds. The normalized spacial score (nSPS) is 10.2. The lowest BCUT2D eigenvalue weighted by Gasteiger charge is -1.98. The lowest BCUT2D eigenvalue weighted by Crippen LogP contribution is -2.07. The highest BCUT2D eigenvalue weighted by Crippen LogP contribution is 2.26. The van der Waals surface area contributed by atoms with Crippen LogP contribution in [0.3, 0.4) is 0 Å². The number of hydrogen-bond donors (Lipinski definition) is 3. The van der Waals surface area contributed by atoms with E-state index in [-0.39, 0.29) is 18.1 Å². The number of halogens is 2. The van der Waals surface area contributed by atoms with Gasteiger partial charge >= 0.3 is 5.97 Å². The SMILES string of the molecule is Cl.NCCc1c(C(=O)O)[nH]c2ccc(Br)cc12. The van der Waals surface area contributed by atoms with E-state index in [0.29, 0.717) is 13.0 Å². The minimum absolute atomic E-state index is 0. The van der Waals surface area contributed by atoms with Gasteiger partial charge in [-0.05, 0) is 36.7 Å². The average Bonchev–Trinajstić information content (AvgIpc) is 2.58. The van der Waals surface area contributed by atoms with E-state index >= 15 is 0 Å². The number of nitrogens with one attached hydrogen (secondary N) is 1. The minimum Gasteiger partial charge on any atom is -0.477 e. The summed E-state index contributed by atoms with van der Waals surface area (Å²) >= 11 is 3.37. The Kier molecular flexibility index (Phi) is 4.56. The van der Waals surface area contributed by atoms with Gasteiger partial charge in [-0.1, -0.05) is 15.9 Å². The van der Waals surface area contributed by atoms with Crippen LogP contribution in [-0.2, 0) is 6.42 Å². The lowest BCUT2D eigenvalue weighted by molar-refractivity contribution is 0.0690. The molecule has 0 spiro atoms. The first-order chi connectivity index (χ1) is 7.63. The van der Waals surface area contributed by atoms with Gasteiger partial charge in [0.2, 0.25) is 0 Å². The van der Waals surface area contributed by atoms with Crippen LogP contribution in [0.1, 0.15) is 16.1 Å². The van der Waals surface area contributed by atoms with Crippen LogP contribution in [-0.4, -0.2) is 22.6 Å². The number of carboxylic acid groups (broad SMARTS) is 1. The first kappa shape index (κ1) is 14.0. The Labute approximate surface area is 113 Å². The van der Waals surface area contributed by atoms with Gasteiger partial charge < -0.3 is 15.8 Å². The maximum atomic E-state index is 11.1. The molecule has 92 valence electrons. The molecule has 0 aliphatic heterocycles. The van der Waals surface area contributed by atoms with Gasteiger partial charge in [-0.2, -0.15) is 0 Å². The van der Waals surface area contributed by atoms with Gasteiger partial charge in [0.05, 0.1) is 0 Å². The predicted molar refractivity (Wildman–Crippen MR) is 73.0 cm³/mol. The van der Waals surface area contributed by atoms with E-state index < -0.39 is 5.97 Å². The lowest BCUT2D eigenvalue weighted by atomic mass is 10.1. The van der Waals surface area contributed by atoms with Crippen LogP contribution >= 0.6 is 28.3 Å². The van der Waals surface area contributed by atoms with Crippen molar-refractivity contribution in [1.82, 2.24) is 4.98 Å². The van der Waals surface area contributed by atoms with Crippen molar-refractivity contribution in [2.45, 2.75) is 6.42 Å². The number of hydrogen-bond acceptors (Lipinski definition) is 2. The standard InChI is InChI=1S/C11H11BrN2O2.ClH/c12-6-1-2-9-8(5-6)7(3-4-13)10(14-9)11(15)16;/h1-2,5,14H,3-4,13H2,(H,15,16);1H. The summed E-state index contributed by atoms with van der Waals surface area (Å²) in [5.74, 6) is -0.948. The fourth-order valence-electron chi connectivity index (χ4n) is 1.81. The zero-order chi connectivity index (χ0) is 11.7. The summed E-state index contributed by atoms with van der Waals surface area (Å²) < 4.78 is 0.925. The number of aromatic nitrogens is 1. The number of aromatic amines is 1. The monoisotopic (exact) mass is 318 g/mol. The summed E-state index contributed by atoms with van der Waals surface area (Å²) in [7, 11) is 0. The Morgan fingerprint density at radius 3 is 2.76 bits per heavy atom. The highest BCUT2D eigenvalue weighted by Gasteiger charge is 2.16. The van der Waals surface area contributed by atoms with Crippen molar-refractivity contribution in [2.24, 2.45) is 5.73 Å². The largest absolute Gasteiger partial charge is 0.477 e. The highest BCUT2D eigenvalue weighted by molar-refractivity contribution is 9.10. The molecule has 1 heterocycles. The first-order valence-electron chi connectivity index (χ1n) is 4.87. The number of benzene rings is 1. The Morgan fingerprint density at radius 2 is 2.18 bits per heavy atom. The topological polar surface area (TPSA) is 79.1 Å². The number of H-pyrrole nitrogens is 1. The minimum atomic E-state index is -0.948. The maximum Gasteiger partial charge on any atom is 0.352 e. The smallest absolute Gasteiger partial charge is 0.352 e. The molecule has 1 aromatic carbocycles. The van der Waals surface area contributed by atoms with Crippen molar-refractivity contribution >= 4 is 45.2 Å². The Bertz CT molecular complexity index is 554. The third-order valence-corrected chi connectivity index (χ3v) is 2.97. The van der Waals surface area contributed by atoms with Gasteiger partial charge in [-0.15, -0.1) is 12.4 Å². The third-order valence-electron chi connectivity index (χ3n) is 2.48. The first-order valence-corrected chi connectivity index (χ1v) is 5.66. The zero-order valence-electron chi connectivity index (χ0n) is 8.87. The van der Waals surface area contributed by atoms with Gasteiger partial charge in [0.25, 0.3) is 0 Å². The number of rotatable bonds is 3. The van der Waals surface area contributed by atoms with E-state index in [1.807, 2.05) is 18.2 Å². The Balaban J connectivity index is 0.00000144. The van der Waals surface area contributed by atoms with Crippen LogP contribution in [0.15, 0.2) is 22.7 Å². The number of aromatic carboxylic acids is 1. The van der Waals surface area contributed by atoms with Crippen molar-refractivity contribution < 1.29 is 9.90 Å². The molecule has 6 heteroatoms. The predicted octanol–water partition coefficient (Wildman–Crippen LogP) is 2.55. The molecule has 0 bridgehead atoms. The Hall–Kier alpha value is -1.04. The molecule has 0 unspecified atom stereocenters. The molecule has 2 aromatic rings. The molecule has 0 aliphatic carbocycles. The molecular weight excluding hydrogens is 307 g/mol. The van der Waals surface area contributed by atoms with Crippen LogP contribution in [0.2, 0.25) is 0 Å². The highest BCUT2D eigenvalue weighted by atomic mass is 79.9. The van der Waals surface area contributed by atoms with Crippen LogP contribution in [0, 0.1) is 0 Å². The van der Waals surface area contributed by atoms with E-state index in [1.165, 1.54) is 0 Å². The number of carbonyl (C=O) groups is 1. The molecule has 0 radical (unpaired) electrons. The maximum absolute atomic E-state index is 11.1. The molecule has 4 N–H and O–H groups in total. The van der Waals surface area contributed by atoms with E-state index in [9.17, 15) is 4.79 Å². The number of carboxylic acids is 1. The second-order valence-electron chi connectivity index (χ2n) is 3.51. The molecule has 0 atom stereocenters. The summed E-state index contributed by atoms with van der Waals surface area (Å²) in [5, 5.41) is 9.99. The van der Waals surface area contributed by atoms with Crippen LogP contribution in [0.5, 0.6) is 0 Å². The van der Waals surface area contributed by atoms with E-state index in [1.54, 1.807) is 0 Å². The van der Waals surface area contributed by atoms with Crippen molar-refractivity contribution in [3.05, 3.63) is 33.9 Å². The fraction of sp³-hybridized carbons (Fsp3) is 0.182. The molecule has 0 saturated carbocycles. The summed E-state index contributed by atoms with van der Waals surface area (Å²) in [6, 6.07) is 5.63. The summed E-state index contributed by atoms with van der Waals surface area (Å²) in [5.41, 5.74) is 7.33. The van der Waals surface area contributed by atoms with Crippen LogP contribution in [0.4, 0.5) is 0 Å². The molecular formula is C11H12BrClN2O2. The summed E-state index contributed by atoms with van der Waals surface area (Å²) in [6.07, 6.45) is 0.554. The molecule has 0 fully saturated rings. The molecule has 2 rings (SSSR count). The molecule has 1 aromatic heterocycles. The summed E-state index contributed by atoms with van der Waals surface area (Å²) in [6.45, 7) is 0.430. The number of nitrogens with two attached hydrogens (primary N) is 1. The molecule has 4 nitrogen and oxygen atoms in total. The summed E-state index contributed by atoms with van der Waals surface area (Å²) in [4.78, 5) is 14.0. The van der Waals surface area contributed by atoms with Crippen molar-refractivity contribution in [3.8, 4) is 0 Å². The van der Waals surface area contributed by atoms with Gasteiger partial charge in [0.15, 0.2) is 0 Å². The van der Waals surface area contributed by atoms with E-state index in [4.69, 9.17) is 10.8 Å². The third kappa shape index (κ3) is 2.62. The number of fused-ring (bicyclic) bond motifs is 1. The quantitative estimate of drug-likeness (QED) is 0.813. The fourth-order valence-corrected chi connectivity index (χ4v) is 2.17. The van der Waals surface area contributed by atoms with Crippen molar-refractivity contribution in [1.29, 1.82) is 0 Å². The van der Waals surface area contributed by atoms with Crippen LogP contribution in [0.25, 0.3) is 10.9 Å². The second-order valence-corrected chi connectivity index (χ2v) is 4.43. The van der Waals surface area contributed by atoms with Gasteiger partial charge in [-0.25, -0.2) is 4.79 Å². The van der Waals surface area contributed by atoms with Crippen LogP contribution < -0.4 is 5.73 Å². The second kappa shape index (κ2) is 5.53. The molecule has 0 aliphatic rings. The van der Waals surface area contributed by atoms with Gasteiger partial charge in [0, 0.05) is 15.4 Å². The van der Waals surface area contributed by atoms with Gasteiger partial charge in [0.1, 0.15) is 5.69 Å². The van der Waals surface area contributed by atoms with Crippen molar-refractivity contribution in [3.63, 3.8) is 0 Å². The van der Waals surface area contributed by atoms with E-state index in [2.05, 4.69) is 20.9 Å². The zero-order valence-corrected chi connectivity index (χ0v) is 11.3. The van der Waals surface area contributed by atoms with E-state index in [0.717, 1.165) is 20.9 Å². The Morgan fingerprint density at radius 1 is 1.47 bits per heavy atom. The average molecular weight is 320 g/mol. The molecule has 0 saturated heterocycles. The van der Waals surface area contributed by atoms with Crippen molar-refractivity contribution in [2.75, 3.05) is 6.54 Å². The molecule has 17 heavy (non-hydrogen) atoms. The van der Waals surface area contributed by atoms with Gasteiger partial charge in [-0.3, -0.25) is 0 Å².